The lowest BCUT2D eigenvalue weighted by atomic mass is 9.77. The third-order valence-electron chi connectivity index (χ3n) is 5.35. The van der Waals surface area contributed by atoms with Crippen molar-refractivity contribution in [1.29, 1.82) is 0 Å². The van der Waals surface area contributed by atoms with Crippen molar-refractivity contribution in [2.75, 3.05) is 13.7 Å². The normalized spacial score (nSPS) is 35.5. The second kappa shape index (κ2) is 4.93. The lowest BCUT2D eigenvalue weighted by molar-refractivity contribution is -0.151. The molecule has 5 heteroatoms. The third kappa shape index (κ3) is 1.89. The maximum Gasteiger partial charge on any atom is 0.312 e. The number of amides is 1. The lowest BCUT2D eigenvalue weighted by Gasteiger charge is -2.27. The molecule has 23 heavy (non-hydrogen) atoms. The third-order valence-corrected chi connectivity index (χ3v) is 5.35. The zero-order valence-electron chi connectivity index (χ0n) is 13.1. The molecule has 1 amide bonds. The predicted octanol–water partition coefficient (Wildman–Crippen LogP) is 1.70. The summed E-state index contributed by atoms with van der Waals surface area (Å²) in [5.74, 6) is -1.40. The molecule has 120 valence electrons. The van der Waals surface area contributed by atoms with E-state index in [9.17, 15) is 9.59 Å². The summed E-state index contributed by atoms with van der Waals surface area (Å²) >= 11 is 0. The molecule has 2 bridgehead atoms. The van der Waals surface area contributed by atoms with E-state index in [1.54, 1.807) is 0 Å². The van der Waals surface area contributed by atoms with Crippen LogP contribution in [0.5, 0.6) is 0 Å². The number of rotatable bonds is 3. The van der Waals surface area contributed by atoms with Crippen molar-refractivity contribution in [2.24, 2.45) is 11.8 Å². The number of carbonyl (C=O) groups excluding carboxylic acids is 2. The molecule has 0 saturated carbocycles. The van der Waals surface area contributed by atoms with Gasteiger partial charge in [-0.3, -0.25) is 9.59 Å². The fraction of sp³-hybridized carbons (Fsp3) is 0.444. The Morgan fingerprint density at radius 2 is 2.13 bits per heavy atom. The Hall–Kier alpha value is -2.14. The predicted molar refractivity (Wildman–Crippen MR) is 82.3 cm³/mol. The van der Waals surface area contributed by atoms with Crippen LogP contribution < -0.4 is 0 Å². The molecule has 4 rings (SSSR count). The quantitative estimate of drug-likeness (QED) is 0.629. The first-order valence-electron chi connectivity index (χ1n) is 7.88. The van der Waals surface area contributed by atoms with E-state index in [4.69, 9.17) is 9.47 Å². The van der Waals surface area contributed by atoms with Crippen molar-refractivity contribution in [1.82, 2.24) is 4.90 Å². The summed E-state index contributed by atoms with van der Waals surface area (Å²) in [5, 5.41) is 0. The van der Waals surface area contributed by atoms with Gasteiger partial charge in [0.2, 0.25) is 5.91 Å². The van der Waals surface area contributed by atoms with Crippen molar-refractivity contribution in [3.63, 3.8) is 0 Å². The van der Waals surface area contributed by atoms with Crippen LogP contribution in [0.2, 0.25) is 0 Å². The largest absolute Gasteiger partial charge is 0.469 e. The van der Waals surface area contributed by atoms with Crippen molar-refractivity contribution >= 4 is 11.9 Å². The van der Waals surface area contributed by atoms with Gasteiger partial charge in [-0.25, -0.2) is 0 Å². The maximum atomic E-state index is 13.0. The Morgan fingerprint density at radius 1 is 1.39 bits per heavy atom. The lowest BCUT2D eigenvalue weighted by Crippen LogP contribution is -2.39. The highest BCUT2D eigenvalue weighted by Crippen LogP contribution is 2.53. The number of carbonyl (C=O) groups is 2. The minimum Gasteiger partial charge on any atom is -0.469 e. The van der Waals surface area contributed by atoms with Crippen molar-refractivity contribution < 1.29 is 19.1 Å². The van der Waals surface area contributed by atoms with E-state index in [1.807, 2.05) is 54.3 Å². The Balaban J connectivity index is 1.67. The number of ether oxygens (including phenoxy) is 2. The van der Waals surface area contributed by atoms with Gasteiger partial charge in [0.1, 0.15) is 11.5 Å². The van der Waals surface area contributed by atoms with E-state index < -0.39 is 17.4 Å². The van der Waals surface area contributed by atoms with Gasteiger partial charge in [-0.2, -0.15) is 0 Å². The number of fused-ring (bicyclic) bond motifs is 1. The molecule has 0 unspecified atom stereocenters. The van der Waals surface area contributed by atoms with E-state index in [0.717, 1.165) is 5.56 Å². The Labute approximate surface area is 134 Å². The summed E-state index contributed by atoms with van der Waals surface area (Å²) in [4.78, 5) is 27.0. The fourth-order valence-electron chi connectivity index (χ4n) is 4.17. The minimum absolute atomic E-state index is 0.0244. The summed E-state index contributed by atoms with van der Waals surface area (Å²) < 4.78 is 10.9. The molecule has 0 N–H and O–H groups in total. The monoisotopic (exact) mass is 313 g/mol. The second-order valence-corrected chi connectivity index (χ2v) is 6.48. The van der Waals surface area contributed by atoms with E-state index in [0.29, 0.717) is 6.54 Å². The number of likely N-dealkylation sites (tertiary alicyclic amines) is 1. The van der Waals surface area contributed by atoms with Crippen LogP contribution in [0.3, 0.4) is 0 Å². The molecule has 1 aromatic carbocycles. The van der Waals surface area contributed by atoms with Crippen LogP contribution in [0.4, 0.5) is 0 Å². The molecular weight excluding hydrogens is 294 g/mol. The van der Waals surface area contributed by atoms with Gasteiger partial charge in [-0.1, -0.05) is 42.5 Å². The molecule has 0 aromatic heterocycles. The van der Waals surface area contributed by atoms with Crippen LogP contribution in [0.25, 0.3) is 0 Å². The van der Waals surface area contributed by atoms with Gasteiger partial charge in [0.25, 0.3) is 0 Å². The number of benzene rings is 1. The molecule has 5 nitrogen and oxygen atoms in total. The van der Waals surface area contributed by atoms with Gasteiger partial charge in [-0.15, -0.1) is 0 Å². The zero-order valence-corrected chi connectivity index (χ0v) is 13.1. The highest BCUT2D eigenvalue weighted by molar-refractivity contribution is 5.91. The van der Waals surface area contributed by atoms with E-state index in [-0.39, 0.29) is 24.0 Å². The average Bonchev–Trinajstić information content (AvgIpc) is 3.22. The molecular formula is C18H19NO4. The fourth-order valence-corrected chi connectivity index (χ4v) is 4.17. The van der Waals surface area contributed by atoms with Gasteiger partial charge < -0.3 is 14.4 Å². The van der Waals surface area contributed by atoms with Gasteiger partial charge in [-0.05, 0) is 12.5 Å². The van der Waals surface area contributed by atoms with Crippen LogP contribution >= 0.6 is 0 Å². The van der Waals surface area contributed by atoms with Gasteiger partial charge in [0.05, 0.1) is 31.7 Å². The van der Waals surface area contributed by atoms with Crippen molar-refractivity contribution in [2.45, 2.75) is 24.7 Å². The number of hydrogen-bond donors (Lipinski definition) is 0. The van der Waals surface area contributed by atoms with E-state index in [1.165, 1.54) is 7.11 Å². The summed E-state index contributed by atoms with van der Waals surface area (Å²) in [6, 6.07) is 9.84. The number of methoxy groups -OCH3 is 1. The summed E-state index contributed by atoms with van der Waals surface area (Å²) in [6.07, 6.45) is 3.50. The maximum absolute atomic E-state index is 13.0. The van der Waals surface area contributed by atoms with Crippen LogP contribution in [0, 0.1) is 11.8 Å². The van der Waals surface area contributed by atoms with Crippen LogP contribution in [0.1, 0.15) is 18.5 Å². The first-order valence-corrected chi connectivity index (χ1v) is 7.88. The van der Waals surface area contributed by atoms with Crippen LogP contribution in [-0.4, -0.2) is 42.1 Å². The number of hydrogen-bond acceptors (Lipinski definition) is 4. The van der Waals surface area contributed by atoms with Crippen molar-refractivity contribution in [3.05, 3.63) is 48.0 Å². The van der Waals surface area contributed by atoms with Gasteiger partial charge in [0, 0.05) is 0 Å². The van der Waals surface area contributed by atoms with Gasteiger partial charge in [0.15, 0.2) is 0 Å². The van der Waals surface area contributed by atoms with Crippen LogP contribution in [0.15, 0.2) is 42.5 Å². The topological polar surface area (TPSA) is 55.8 Å². The SMILES string of the molecule is COC(=O)[C@H]1[C@H]2C=C[C@@]3(CN([C@@H](C)c4ccccc4)C(=O)[C@@H]13)O2. The average molecular weight is 313 g/mol. The molecule has 1 spiro atoms. The Kier molecular flexibility index (Phi) is 3.10. The molecule has 3 aliphatic rings. The van der Waals surface area contributed by atoms with E-state index >= 15 is 0 Å². The molecule has 1 aromatic rings. The van der Waals surface area contributed by atoms with Gasteiger partial charge >= 0.3 is 5.97 Å². The van der Waals surface area contributed by atoms with Crippen molar-refractivity contribution in [3.8, 4) is 0 Å². The molecule has 3 aliphatic heterocycles. The first kappa shape index (κ1) is 14.5. The summed E-state index contributed by atoms with van der Waals surface area (Å²) in [6.45, 7) is 2.49. The molecule has 5 atom stereocenters. The first-order chi connectivity index (χ1) is 11.1. The molecule has 3 heterocycles. The molecule has 0 aliphatic carbocycles. The summed E-state index contributed by atoms with van der Waals surface area (Å²) in [7, 11) is 1.36. The highest BCUT2D eigenvalue weighted by atomic mass is 16.5. The zero-order chi connectivity index (χ0) is 16.2. The van der Waals surface area contributed by atoms with Crippen LogP contribution in [-0.2, 0) is 19.1 Å². The smallest absolute Gasteiger partial charge is 0.312 e. The Morgan fingerprint density at radius 3 is 2.83 bits per heavy atom. The molecule has 2 fully saturated rings. The molecule has 2 saturated heterocycles. The number of nitrogens with zero attached hydrogens (tertiary/aromatic N) is 1. The summed E-state index contributed by atoms with van der Waals surface area (Å²) in [5.41, 5.74) is 0.397. The Bertz CT molecular complexity index is 686. The minimum atomic E-state index is -0.677. The standard InChI is InChI=1S/C18H19NO4/c1-11(12-6-4-3-5-7-12)19-10-18-9-8-13(23-18)14(17(21)22-2)15(18)16(19)20/h3-9,11,13-15H,10H2,1-2H3/t11-,13+,14-,15+,18-/m0/s1. The number of esters is 1. The molecule has 0 radical (unpaired) electrons. The highest BCUT2D eigenvalue weighted by Gasteiger charge is 2.67. The second-order valence-electron chi connectivity index (χ2n) is 6.48. The van der Waals surface area contributed by atoms with E-state index in [2.05, 4.69) is 0 Å².